The average molecular weight is 1260 g/mol. The van der Waals surface area contributed by atoms with Gasteiger partial charge in [0.25, 0.3) is 0 Å². The fourth-order valence-corrected chi connectivity index (χ4v) is 11.1. The minimum atomic E-state index is 0. The molecule has 7 heteroatoms. The Bertz CT molecular complexity index is 3450. The minimum Gasteiger partial charge on any atom is -0.501 e. The molecule has 0 unspecified atom stereocenters. The molecule has 0 saturated carbocycles. The molecular formula is C75H78IrN3O3. The van der Waals surface area contributed by atoms with Crippen molar-refractivity contribution in [3.8, 4) is 33.8 Å². The van der Waals surface area contributed by atoms with Gasteiger partial charge in [-0.2, -0.15) is 0 Å². The molecule has 0 saturated heterocycles. The first-order chi connectivity index (χ1) is 40.1. The smallest absolute Gasteiger partial charge is 0.501 e. The van der Waals surface area contributed by atoms with Crippen molar-refractivity contribution in [2.24, 2.45) is 0 Å². The van der Waals surface area contributed by atoms with Crippen molar-refractivity contribution in [2.45, 2.75) is 156 Å². The van der Waals surface area contributed by atoms with Crippen LogP contribution in [-0.2, 0) is 39.4 Å². The van der Waals surface area contributed by atoms with Gasteiger partial charge in [0.1, 0.15) is 16.7 Å². The Balaban J connectivity index is 0.000000147. The van der Waals surface area contributed by atoms with Gasteiger partial charge in [0, 0.05) is 34.7 Å². The van der Waals surface area contributed by atoms with Gasteiger partial charge in [0.15, 0.2) is 0 Å². The van der Waals surface area contributed by atoms with Crippen molar-refractivity contribution in [1.82, 2.24) is 15.0 Å². The maximum Gasteiger partial charge on any atom is 3.00 e. The fourth-order valence-electron chi connectivity index (χ4n) is 11.1. The zero-order chi connectivity index (χ0) is 55.4. The van der Waals surface area contributed by atoms with Crippen LogP contribution in [0, 0.1) is 18.2 Å². The molecule has 0 bridgehead atoms. The topological polar surface area (TPSA) is 78.1 Å². The molecule has 6 heterocycles. The summed E-state index contributed by atoms with van der Waals surface area (Å²) < 4.78 is 18.3. The van der Waals surface area contributed by atoms with E-state index in [0.29, 0.717) is 0 Å². The molecule has 0 aliphatic rings. The van der Waals surface area contributed by atoms with Gasteiger partial charge in [-0.25, -0.2) is 0 Å². The van der Waals surface area contributed by atoms with Crippen LogP contribution < -0.4 is 0 Å². The van der Waals surface area contributed by atoms with Crippen molar-refractivity contribution in [2.75, 3.05) is 0 Å². The fraction of sp³-hybridized carbons (Fsp3) is 0.320. The predicted molar refractivity (Wildman–Crippen MR) is 339 cm³/mol. The molecule has 0 amide bonds. The molecule has 420 valence electrons. The zero-order valence-corrected chi connectivity index (χ0v) is 50.7. The molecular weight excluding hydrogens is 1180 g/mol. The van der Waals surface area contributed by atoms with Crippen molar-refractivity contribution in [1.29, 1.82) is 0 Å². The Labute approximate surface area is 499 Å². The minimum absolute atomic E-state index is 0. The van der Waals surface area contributed by atoms with Gasteiger partial charge in [0.05, 0.1) is 16.7 Å². The van der Waals surface area contributed by atoms with E-state index in [4.69, 9.17) is 28.2 Å². The molecule has 0 N–H and O–H groups in total. The van der Waals surface area contributed by atoms with Crippen LogP contribution in [0.1, 0.15) is 153 Å². The number of fused-ring (bicyclic) bond motifs is 9. The predicted octanol–water partition coefficient (Wildman–Crippen LogP) is 22.1. The van der Waals surface area contributed by atoms with Gasteiger partial charge in [-0.05, 0) is 90.5 Å². The molecule has 0 aliphatic carbocycles. The van der Waals surface area contributed by atoms with Gasteiger partial charge in [-0.1, -0.05) is 241 Å². The summed E-state index contributed by atoms with van der Waals surface area (Å²) in [6.07, 6.45) is 33.2. The number of hydrogen-bond acceptors (Lipinski definition) is 6. The van der Waals surface area contributed by atoms with Crippen LogP contribution in [0.15, 0.2) is 177 Å². The van der Waals surface area contributed by atoms with E-state index in [9.17, 15) is 0 Å². The number of furan rings is 3. The molecule has 0 aliphatic heterocycles. The SMILES string of the molecule is CCCCCCCCc1ccc(-c2[c-]ccc3c2oc2ccccc23)nc1.CCCCCCCCc1ccc(-c2[c-]ccc3c2oc2ccccc23)nc1.CCCCCCCCc1ccc(-c2[c-]ccc3c2oc2ccccc23)nc1.[Ir+3]. The van der Waals surface area contributed by atoms with Crippen LogP contribution in [-0.4, -0.2) is 15.0 Å². The third-order valence-corrected chi connectivity index (χ3v) is 15.7. The van der Waals surface area contributed by atoms with E-state index >= 15 is 0 Å². The summed E-state index contributed by atoms with van der Waals surface area (Å²) in [4.78, 5) is 14.1. The number of aryl methyl sites for hydroxylation is 3. The molecule has 82 heavy (non-hydrogen) atoms. The van der Waals surface area contributed by atoms with E-state index in [2.05, 4.69) is 112 Å². The first kappa shape index (κ1) is 59.4. The van der Waals surface area contributed by atoms with E-state index in [1.807, 2.05) is 91.4 Å². The van der Waals surface area contributed by atoms with Crippen molar-refractivity contribution in [3.63, 3.8) is 0 Å². The summed E-state index contributed by atoms with van der Waals surface area (Å²) in [6, 6.07) is 59.4. The molecule has 0 atom stereocenters. The van der Waals surface area contributed by atoms with Crippen LogP contribution in [0.4, 0.5) is 0 Å². The largest absolute Gasteiger partial charge is 3.00 e. The molecule has 12 aromatic rings. The number of unbranched alkanes of at least 4 members (excludes halogenated alkanes) is 15. The van der Waals surface area contributed by atoms with Crippen molar-refractivity contribution >= 4 is 65.8 Å². The van der Waals surface area contributed by atoms with Crippen LogP contribution in [0.3, 0.4) is 0 Å². The number of nitrogens with zero attached hydrogens (tertiary/aromatic N) is 3. The van der Waals surface area contributed by atoms with E-state index in [1.165, 1.54) is 132 Å². The van der Waals surface area contributed by atoms with Crippen molar-refractivity contribution < 1.29 is 33.4 Å². The second kappa shape index (κ2) is 30.8. The van der Waals surface area contributed by atoms with E-state index in [-0.39, 0.29) is 20.1 Å². The van der Waals surface area contributed by atoms with Gasteiger partial charge in [-0.3, -0.25) is 0 Å². The maximum atomic E-state index is 6.11. The van der Waals surface area contributed by atoms with Crippen molar-refractivity contribution in [3.05, 3.63) is 199 Å². The Morgan fingerprint density at radius 2 is 0.585 bits per heavy atom. The Hall–Kier alpha value is -7.18. The number of rotatable bonds is 24. The van der Waals surface area contributed by atoms with Gasteiger partial charge in [0.2, 0.25) is 0 Å². The number of pyridine rings is 3. The van der Waals surface area contributed by atoms with Crippen LogP contribution in [0.2, 0.25) is 0 Å². The average Bonchev–Trinajstić information content (AvgIpc) is 4.06. The summed E-state index contributed by atoms with van der Waals surface area (Å²) in [5.41, 5.74) is 14.9. The van der Waals surface area contributed by atoms with Crippen LogP contribution >= 0.6 is 0 Å². The standard InChI is InChI=1S/3C25H26NO.Ir/c3*1-2-3-4-5-6-7-11-19-16-17-23(26-18-19)22-14-10-13-21-20-12-8-9-15-24(20)27-25(21)22;/h3*8-10,12-13,15-18H,2-7,11H2,1H3;/q3*-1;+3. The van der Waals surface area contributed by atoms with Gasteiger partial charge < -0.3 is 28.2 Å². The quantitative estimate of drug-likeness (QED) is 0.0443. The Morgan fingerprint density at radius 1 is 0.305 bits per heavy atom. The Morgan fingerprint density at radius 3 is 0.866 bits per heavy atom. The van der Waals surface area contributed by atoms with Gasteiger partial charge in [-0.15, -0.1) is 54.6 Å². The molecule has 12 rings (SSSR count). The number of benzene rings is 6. The first-order valence-corrected chi connectivity index (χ1v) is 30.4. The summed E-state index contributed by atoms with van der Waals surface area (Å²) in [6.45, 7) is 6.78. The molecule has 6 aromatic heterocycles. The van der Waals surface area contributed by atoms with E-state index < -0.39 is 0 Å². The summed E-state index contributed by atoms with van der Waals surface area (Å²) in [5, 5.41) is 6.79. The first-order valence-electron chi connectivity index (χ1n) is 30.4. The van der Waals surface area contributed by atoms with Gasteiger partial charge >= 0.3 is 20.1 Å². The third-order valence-electron chi connectivity index (χ3n) is 15.7. The zero-order valence-electron chi connectivity index (χ0n) is 48.3. The summed E-state index contributed by atoms with van der Waals surface area (Å²) >= 11 is 0. The van der Waals surface area contributed by atoms with Crippen LogP contribution in [0.25, 0.3) is 99.6 Å². The van der Waals surface area contributed by atoms with E-state index in [0.717, 1.165) is 119 Å². The molecule has 0 spiro atoms. The third kappa shape index (κ3) is 15.1. The summed E-state index contributed by atoms with van der Waals surface area (Å²) in [5.74, 6) is 0. The molecule has 6 aromatic carbocycles. The number of aromatic nitrogens is 3. The molecule has 0 fully saturated rings. The second-order valence-corrected chi connectivity index (χ2v) is 21.8. The molecule has 0 radical (unpaired) electrons. The molecule has 6 nitrogen and oxygen atoms in total. The normalized spacial score (nSPS) is 11.3. The monoisotopic (exact) mass is 1260 g/mol. The maximum absolute atomic E-state index is 6.11. The summed E-state index contributed by atoms with van der Waals surface area (Å²) in [7, 11) is 0. The second-order valence-electron chi connectivity index (χ2n) is 21.8. The number of hydrogen-bond donors (Lipinski definition) is 0. The van der Waals surface area contributed by atoms with Crippen LogP contribution in [0.5, 0.6) is 0 Å². The van der Waals surface area contributed by atoms with E-state index in [1.54, 1.807) is 0 Å². The Kier molecular flexibility index (Phi) is 22.3. The number of para-hydroxylation sites is 3.